The Kier molecular flexibility index (Phi) is 5.61. The average Bonchev–Trinajstić information content (AvgIpc) is 2.97. The molecule has 1 aliphatic rings. The number of phenols is 1. The number of methoxy groups -OCH3 is 1. The van der Waals surface area contributed by atoms with Crippen LogP contribution in [0, 0.1) is 0 Å². The van der Waals surface area contributed by atoms with Gasteiger partial charge in [-0.2, -0.15) is 0 Å². The lowest BCUT2D eigenvalue weighted by molar-refractivity contribution is -0.118. The van der Waals surface area contributed by atoms with Gasteiger partial charge in [-0.25, -0.2) is 0 Å². The molecule has 1 heterocycles. The highest BCUT2D eigenvalue weighted by Crippen LogP contribution is 2.27. The fourth-order valence-electron chi connectivity index (χ4n) is 2.66. The van der Waals surface area contributed by atoms with E-state index < -0.39 is 5.25 Å². The van der Waals surface area contributed by atoms with Gasteiger partial charge < -0.3 is 9.84 Å². The van der Waals surface area contributed by atoms with Gasteiger partial charge in [0.2, 0.25) is 5.91 Å². The van der Waals surface area contributed by atoms with Crippen LogP contribution in [0.3, 0.4) is 0 Å². The highest BCUT2D eigenvalue weighted by Gasteiger charge is 2.31. The molecule has 6 nitrogen and oxygen atoms in total. The van der Waals surface area contributed by atoms with E-state index in [9.17, 15) is 19.5 Å². The van der Waals surface area contributed by atoms with Crippen molar-refractivity contribution in [1.82, 2.24) is 5.32 Å². The Morgan fingerprint density at radius 3 is 2.78 bits per heavy atom. The van der Waals surface area contributed by atoms with Gasteiger partial charge in [0.15, 0.2) is 17.3 Å². The molecule has 0 aromatic heterocycles. The molecule has 2 aromatic rings. The van der Waals surface area contributed by atoms with Crippen molar-refractivity contribution in [3.05, 3.63) is 65.2 Å². The molecule has 1 saturated heterocycles. The number of phenolic OH excluding ortho intramolecular Hbond substituents is 1. The van der Waals surface area contributed by atoms with Crippen molar-refractivity contribution in [2.24, 2.45) is 0 Å². The van der Waals surface area contributed by atoms with E-state index in [0.29, 0.717) is 23.3 Å². The standard InChI is InChI=1S/C20H17NO5S/c1-26-17-10-12(6-8-16(17)23)5-7-15(22)14-4-2-3-13(9-14)11-18-19(24)21-20(25)27-18/h2-10,18,23H,11H2,1H3,(H,21,24,25). The summed E-state index contributed by atoms with van der Waals surface area (Å²) in [6.07, 6.45) is 3.45. The third-order valence-electron chi connectivity index (χ3n) is 4.03. The van der Waals surface area contributed by atoms with Gasteiger partial charge >= 0.3 is 0 Å². The van der Waals surface area contributed by atoms with Crippen molar-refractivity contribution < 1.29 is 24.2 Å². The van der Waals surface area contributed by atoms with Gasteiger partial charge in [-0.05, 0) is 41.8 Å². The lowest BCUT2D eigenvalue weighted by Crippen LogP contribution is -2.25. The second-order valence-electron chi connectivity index (χ2n) is 5.92. The smallest absolute Gasteiger partial charge is 0.286 e. The number of nitrogens with one attached hydrogen (secondary N) is 1. The summed E-state index contributed by atoms with van der Waals surface area (Å²) in [5.74, 6) is -0.138. The summed E-state index contributed by atoms with van der Waals surface area (Å²) in [6.45, 7) is 0. The first-order valence-corrected chi connectivity index (χ1v) is 9.04. The van der Waals surface area contributed by atoms with Gasteiger partial charge in [0, 0.05) is 5.56 Å². The second kappa shape index (κ2) is 8.09. The van der Waals surface area contributed by atoms with Crippen molar-refractivity contribution in [1.29, 1.82) is 0 Å². The molecule has 0 saturated carbocycles. The third kappa shape index (κ3) is 4.57. The number of carbonyl (C=O) groups excluding carboxylic acids is 3. The molecule has 2 N–H and O–H groups in total. The minimum Gasteiger partial charge on any atom is -0.504 e. The number of carbonyl (C=O) groups is 3. The predicted octanol–water partition coefficient (Wildman–Crippen LogP) is 3.19. The molecule has 2 aromatic carbocycles. The van der Waals surface area contributed by atoms with Crippen LogP contribution in [-0.2, 0) is 11.2 Å². The number of amides is 2. The maximum atomic E-state index is 12.4. The van der Waals surface area contributed by atoms with Gasteiger partial charge in [0.05, 0.1) is 12.4 Å². The largest absolute Gasteiger partial charge is 0.504 e. The zero-order valence-electron chi connectivity index (χ0n) is 14.5. The van der Waals surface area contributed by atoms with Crippen molar-refractivity contribution in [3.63, 3.8) is 0 Å². The van der Waals surface area contributed by atoms with Gasteiger partial charge in [-0.15, -0.1) is 0 Å². The Labute approximate surface area is 160 Å². The van der Waals surface area contributed by atoms with Gasteiger partial charge in [-0.1, -0.05) is 42.1 Å². The van der Waals surface area contributed by atoms with Crippen LogP contribution in [0.2, 0.25) is 0 Å². The number of aromatic hydroxyl groups is 1. The summed E-state index contributed by atoms with van der Waals surface area (Å²) >= 11 is 0.964. The van der Waals surface area contributed by atoms with E-state index in [1.807, 2.05) is 6.07 Å². The first kappa shape index (κ1) is 18.7. The minimum absolute atomic E-state index is 0.0287. The summed E-state index contributed by atoms with van der Waals surface area (Å²) in [5, 5.41) is 11.0. The normalized spacial score (nSPS) is 16.6. The maximum Gasteiger partial charge on any atom is 0.286 e. The Bertz CT molecular complexity index is 938. The highest BCUT2D eigenvalue weighted by atomic mass is 32.2. The van der Waals surface area contributed by atoms with Crippen molar-refractivity contribution in [3.8, 4) is 11.5 Å². The first-order chi connectivity index (χ1) is 13.0. The van der Waals surface area contributed by atoms with Crippen LogP contribution in [0.4, 0.5) is 4.79 Å². The molecule has 2 amide bonds. The molecular weight excluding hydrogens is 366 g/mol. The number of rotatable bonds is 6. The molecule has 0 aliphatic carbocycles. The number of thioether (sulfide) groups is 1. The van der Waals surface area contributed by atoms with Crippen LogP contribution in [0.1, 0.15) is 21.5 Å². The van der Waals surface area contributed by atoms with E-state index in [1.54, 1.807) is 36.4 Å². The molecule has 1 atom stereocenters. The highest BCUT2D eigenvalue weighted by molar-refractivity contribution is 8.15. The molecule has 1 fully saturated rings. The predicted molar refractivity (Wildman–Crippen MR) is 103 cm³/mol. The molecular formula is C20H17NO5S. The Hall–Kier alpha value is -3.06. The topological polar surface area (TPSA) is 92.7 Å². The monoisotopic (exact) mass is 383 g/mol. The maximum absolute atomic E-state index is 12.4. The van der Waals surface area contributed by atoms with Crippen LogP contribution in [0.15, 0.2) is 48.5 Å². The lowest BCUT2D eigenvalue weighted by atomic mass is 10.0. The molecule has 1 unspecified atom stereocenters. The Morgan fingerprint density at radius 1 is 1.26 bits per heavy atom. The van der Waals surface area contributed by atoms with Crippen LogP contribution in [0.5, 0.6) is 11.5 Å². The zero-order valence-corrected chi connectivity index (χ0v) is 15.3. The fraction of sp³-hybridized carbons (Fsp3) is 0.150. The summed E-state index contributed by atoms with van der Waals surface area (Å²) in [5.41, 5.74) is 2.01. The Balaban J connectivity index is 1.72. The van der Waals surface area contributed by atoms with E-state index in [2.05, 4.69) is 5.32 Å². The van der Waals surface area contributed by atoms with Gasteiger partial charge in [0.25, 0.3) is 5.24 Å². The minimum atomic E-state index is -0.470. The first-order valence-electron chi connectivity index (χ1n) is 8.16. The number of benzene rings is 2. The molecule has 0 radical (unpaired) electrons. The van der Waals surface area contributed by atoms with Crippen LogP contribution >= 0.6 is 11.8 Å². The Morgan fingerprint density at radius 2 is 2.07 bits per heavy atom. The van der Waals surface area contributed by atoms with Crippen LogP contribution in [-0.4, -0.2) is 34.4 Å². The number of allylic oxidation sites excluding steroid dienone is 1. The fourth-order valence-corrected chi connectivity index (χ4v) is 3.52. The van der Waals surface area contributed by atoms with E-state index in [-0.39, 0.29) is 22.7 Å². The summed E-state index contributed by atoms with van der Waals surface area (Å²) in [4.78, 5) is 35.4. The van der Waals surface area contributed by atoms with Crippen LogP contribution in [0.25, 0.3) is 6.08 Å². The number of imide groups is 1. The second-order valence-corrected chi connectivity index (χ2v) is 7.09. The average molecular weight is 383 g/mol. The quantitative estimate of drug-likeness (QED) is 0.588. The van der Waals surface area contributed by atoms with E-state index in [4.69, 9.17) is 4.74 Å². The van der Waals surface area contributed by atoms with E-state index in [1.165, 1.54) is 19.3 Å². The number of ketones is 1. The van der Waals surface area contributed by atoms with Crippen molar-refractivity contribution in [2.75, 3.05) is 7.11 Å². The molecule has 1 aliphatic heterocycles. The van der Waals surface area contributed by atoms with E-state index >= 15 is 0 Å². The van der Waals surface area contributed by atoms with E-state index in [0.717, 1.165) is 17.3 Å². The third-order valence-corrected chi connectivity index (χ3v) is 5.01. The van der Waals surface area contributed by atoms with Crippen molar-refractivity contribution >= 4 is 34.8 Å². The lowest BCUT2D eigenvalue weighted by Gasteiger charge is -2.06. The number of hydrogen-bond donors (Lipinski definition) is 2. The van der Waals surface area contributed by atoms with Crippen molar-refractivity contribution in [2.45, 2.75) is 11.7 Å². The molecule has 7 heteroatoms. The molecule has 27 heavy (non-hydrogen) atoms. The number of hydrogen-bond acceptors (Lipinski definition) is 6. The van der Waals surface area contributed by atoms with Crippen LogP contribution < -0.4 is 10.1 Å². The molecule has 0 bridgehead atoms. The molecule has 3 rings (SSSR count). The molecule has 0 spiro atoms. The summed E-state index contributed by atoms with van der Waals surface area (Å²) in [7, 11) is 1.45. The molecule has 138 valence electrons. The van der Waals surface area contributed by atoms with Gasteiger partial charge in [-0.3, -0.25) is 19.7 Å². The SMILES string of the molecule is COc1cc(C=CC(=O)c2cccc(CC3SC(=O)NC3=O)c2)ccc1O. The van der Waals surface area contributed by atoms with Gasteiger partial charge in [0.1, 0.15) is 0 Å². The summed E-state index contributed by atoms with van der Waals surface area (Å²) in [6, 6.07) is 11.8. The number of ether oxygens (including phenoxy) is 1. The zero-order chi connectivity index (χ0) is 19.4. The summed E-state index contributed by atoms with van der Waals surface area (Å²) < 4.78 is 5.04.